The zero-order valence-corrected chi connectivity index (χ0v) is 25.7. The Morgan fingerprint density at radius 3 is 2.17 bits per heavy atom. The van der Waals surface area contributed by atoms with E-state index in [4.69, 9.17) is 16.3 Å². The number of aryl methyl sites for hydroxylation is 1. The van der Waals surface area contributed by atoms with Gasteiger partial charge in [-0.2, -0.15) is 0 Å². The van der Waals surface area contributed by atoms with Crippen molar-refractivity contribution in [2.45, 2.75) is 51.6 Å². The molecule has 0 aliphatic rings. The standard InChI is InChI=1S/C31H38ClN3O5S/c1-6-29(31(37)33-19-22(2)3)34(20-24-9-7-8-10-28(24)32)30(36)21-35(25-13-11-23(4)12-14-25)41(38,39)27-17-15-26(40-5)16-18-27/h7-18,22,29H,6,19-21H2,1-5H3,(H,33,37)/t29-/m1/s1. The lowest BCUT2D eigenvalue weighted by molar-refractivity contribution is -0.140. The summed E-state index contributed by atoms with van der Waals surface area (Å²) in [7, 11) is -2.68. The van der Waals surface area contributed by atoms with Gasteiger partial charge in [0.05, 0.1) is 17.7 Å². The average Bonchev–Trinajstić information content (AvgIpc) is 2.96. The Balaban J connectivity index is 2.05. The van der Waals surface area contributed by atoms with Crippen molar-refractivity contribution in [3.63, 3.8) is 0 Å². The molecule has 220 valence electrons. The van der Waals surface area contributed by atoms with Gasteiger partial charge in [0.15, 0.2) is 0 Å². The summed E-state index contributed by atoms with van der Waals surface area (Å²) in [6, 6.07) is 19.1. The number of methoxy groups -OCH3 is 1. The summed E-state index contributed by atoms with van der Waals surface area (Å²) < 4.78 is 34.2. The van der Waals surface area contributed by atoms with E-state index in [1.54, 1.807) is 60.7 Å². The van der Waals surface area contributed by atoms with Gasteiger partial charge in [-0.05, 0) is 67.3 Å². The van der Waals surface area contributed by atoms with Gasteiger partial charge in [0, 0.05) is 18.1 Å². The van der Waals surface area contributed by atoms with E-state index in [1.165, 1.54) is 24.1 Å². The van der Waals surface area contributed by atoms with Crippen molar-refractivity contribution in [2.75, 3.05) is 24.5 Å². The lowest BCUT2D eigenvalue weighted by atomic mass is 10.1. The number of sulfonamides is 1. The predicted molar refractivity (Wildman–Crippen MR) is 163 cm³/mol. The number of hydrogen-bond donors (Lipinski definition) is 1. The molecule has 0 radical (unpaired) electrons. The molecule has 0 fully saturated rings. The zero-order valence-electron chi connectivity index (χ0n) is 24.1. The summed E-state index contributed by atoms with van der Waals surface area (Å²) in [6.07, 6.45) is 0.329. The van der Waals surface area contributed by atoms with Gasteiger partial charge in [-0.1, -0.05) is 68.3 Å². The van der Waals surface area contributed by atoms with Crippen LogP contribution in [0.2, 0.25) is 5.02 Å². The van der Waals surface area contributed by atoms with Crippen LogP contribution in [0.1, 0.15) is 38.3 Å². The molecule has 0 saturated carbocycles. The molecule has 10 heteroatoms. The summed E-state index contributed by atoms with van der Waals surface area (Å²) in [5, 5.41) is 3.37. The fraction of sp³-hybridized carbons (Fsp3) is 0.355. The van der Waals surface area contributed by atoms with Crippen LogP contribution in [0.25, 0.3) is 0 Å². The summed E-state index contributed by atoms with van der Waals surface area (Å²) >= 11 is 6.44. The number of carbonyl (C=O) groups is 2. The molecule has 1 atom stereocenters. The molecule has 8 nitrogen and oxygen atoms in total. The number of rotatable bonds is 13. The van der Waals surface area contributed by atoms with Gasteiger partial charge in [-0.3, -0.25) is 13.9 Å². The second-order valence-electron chi connectivity index (χ2n) is 10.2. The molecular weight excluding hydrogens is 562 g/mol. The normalized spacial score (nSPS) is 12.1. The maximum Gasteiger partial charge on any atom is 0.264 e. The van der Waals surface area contributed by atoms with Gasteiger partial charge < -0.3 is 15.0 Å². The maximum atomic E-state index is 14.1. The number of anilines is 1. The Kier molecular flexibility index (Phi) is 11.2. The van der Waals surface area contributed by atoms with E-state index in [0.717, 1.165) is 9.87 Å². The second kappa shape index (κ2) is 14.4. The Hall–Kier alpha value is -3.56. The van der Waals surface area contributed by atoms with Crippen LogP contribution in [-0.2, 0) is 26.2 Å². The summed E-state index contributed by atoms with van der Waals surface area (Å²) in [5.74, 6) is -0.113. The van der Waals surface area contributed by atoms with Crippen LogP contribution in [0.4, 0.5) is 5.69 Å². The third-order valence-corrected chi connectivity index (χ3v) is 8.77. The van der Waals surface area contributed by atoms with E-state index in [9.17, 15) is 18.0 Å². The maximum absolute atomic E-state index is 14.1. The molecule has 0 saturated heterocycles. The molecule has 0 bridgehead atoms. The molecule has 3 rings (SSSR count). The third-order valence-electron chi connectivity index (χ3n) is 6.62. The smallest absolute Gasteiger partial charge is 0.264 e. The monoisotopic (exact) mass is 599 g/mol. The van der Waals surface area contributed by atoms with E-state index >= 15 is 0 Å². The van der Waals surface area contributed by atoms with Crippen LogP contribution in [0.15, 0.2) is 77.7 Å². The number of ether oxygens (including phenoxy) is 1. The van der Waals surface area contributed by atoms with E-state index in [0.29, 0.717) is 35.0 Å². The summed E-state index contributed by atoms with van der Waals surface area (Å²) in [5.41, 5.74) is 1.92. The lowest BCUT2D eigenvalue weighted by Crippen LogP contribution is -2.52. The molecular formula is C31H38ClN3O5S. The predicted octanol–water partition coefficient (Wildman–Crippen LogP) is 5.43. The first kappa shape index (κ1) is 32.0. The van der Waals surface area contributed by atoms with Crippen LogP contribution in [0.3, 0.4) is 0 Å². The first-order chi connectivity index (χ1) is 19.5. The molecule has 41 heavy (non-hydrogen) atoms. The SMILES string of the molecule is CC[C@H](C(=O)NCC(C)C)N(Cc1ccccc1Cl)C(=O)CN(c1ccc(C)cc1)S(=O)(=O)c1ccc(OC)cc1. The molecule has 0 spiro atoms. The van der Waals surface area contributed by atoms with Crippen molar-refractivity contribution < 1.29 is 22.7 Å². The molecule has 0 heterocycles. The van der Waals surface area contributed by atoms with Crippen LogP contribution in [0, 0.1) is 12.8 Å². The van der Waals surface area contributed by atoms with Gasteiger partial charge in [0.1, 0.15) is 18.3 Å². The van der Waals surface area contributed by atoms with E-state index in [-0.39, 0.29) is 23.3 Å². The fourth-order valence-electron chi connectivity index (χ4n) is 4.27. The van der Waals surface area contributed by atoms with E-state index in [2.05, 4.69) is 5.32 Å². The minimum absolute atomic E-state index is 0.00560. The highest BCUT2D eigenvalue weighted by Crippen LogP contribution is 2.27. The number of benzene rings is 3. The number of nitrogens with zero attached hydrogens (tertiary/aromatic N) is 2. The van der Waals surface area contributed by atoms with Gasteiger partial charge in [0.2, 0.25) is 11.8 Å². The molecule has 1 N–H and O–H groups in total. The van der Waals surface area contributed by atoms with Crippen molar-refractivity contribution >= 4 is 39.1 Å². The van der Waals surface area contributed by atoms with Crippen LogP contribution in [-0.4, -0.2) is 51.4 Å². The van der Waals surface area contributed by atoms with Gasteiger partial charge in [-0.15, -0.1) is 0 Å². The highest BCUT2D eigenvalue weighted by molar-refractivity contribution is 7.92. The molecule has 0 unspecified atom stereocenters. The molecule has 2 amide bonds. The van der Waals surface area contributed by atoms with Crippen LogP contribution < -0.4 is 14.4 Å². The first-order valence-electron chi connectivity index (χ1n) is 13.5. The summed E-state index contributed by atoms with van der Waals surface area (Å²) in [4.78, 5) is 28.8. The number of halogens is 1. The number of nitrogens with one attached hydrogen (secondary N) is 1. The zero-order chi connectivity index (χ0) is 30.2. The molecule has 0 aromatic heterocycles. The Labute approximate surface area is 248 Å². The van der Waals surface area contributed by atoms with Crippen molar-refractivity contribution in [3.05, 3.63) is 88.9 Å². The average molecular weight is 600 g/mol. The minimum Gasteiger partial charge on any atom is -0.497 e. The Morgan fingerprint density at radius 1 is 0.976 bits per heavy atom. The first-order valence-corrected chi connectivity index (χ1v) is 15.3. The molecule has 3 aromatic rings. The van der Waals surface area contributed by atoms with Crippen LogP contribution in [0.5, 0.6) is 5.75 Å². The van der Waals surface area contributed by atoms with Gasteiger partial charge in [-0.25, -0.2) is 8.42 Å². The van der Waals surface area contributed by atoms with Crippen molar-refractivity contribution in [3.8, 4) is 5.75 Å². The number of amides is 2. The van der Waals surface area contributed by atoms with Crippen molar-refractivity contribution in [2.24, 2.45) is 5.92 Å². The summed E-state index contributed by atoms with van der Waals surface area (Å²) in [6.45, 7) is 7.65. The molecule has 0 aliphatic carbocycles. The quantitative estimate of drug-likeness (QED) is 0.283. The fourth-order valence-corrected chi connectivity index (χ4v) is 5.88. The van der Waals surface area contributed by atoms with Crippen molar-refractivity contribution in [1.82, 2.24) is 10.2 Å². The van der Waals surface area contributed by atoms with E-state index in [1.807, 2.05) is 27.7 Å². The third kappa shape index (κ3) is 8.24. The van der Waals surface area contributed by atoms with Gasteiger partial charge >= 0.3 is 0 Å². The Bertz CT molecular complexity index is 1430. The highest BCUT2D eigenvalue weighted by Gasteiger charge is 2.34. The second-order valence-corrected chi connectivity index (χ2v) is 12.5. The van der Waals surface area contributed by atoms with E-state index < -0.39 is 28.5 Å². The number of carbonyl (C=O) groups excluding carboxylic acids is 2. The van der Waals surface area contributed by atoms with Crippen molar-refractivity contribution in [1.29, 1.82) is 0 Å². The highest BCUT2D eigenvalue weighted by atomic mass is 35.5. The van der Waals surface area contributed by atoms with Gasteiger partial charge in [0.25, 0.3) is 10.0 Å². The topological polar surface area (TPSA) is 96.0 Å². The lowest BCUT2D eigenvalue weighted by Gasteiger charge is -2.33. The minimum atomic E-state index is -4.17. The Morgan fingerprint density at radius 2 is 1.61 bits per heavy atom. The molecule has 0 aliphatic heterocycles. The largest absolute Gasteiger partial charge is 0.497 e. The number of hydrogen-bond acceptors (Lipinski definition) is 5. The molecule has 3 aromatic carbocycles. The van der Waals surface area contributed by atoms with Crippen LogP contribution >= 0.6 is 11.6 Å².